The topological polar surface area (TPSA) is 79.5 Å². The van der Waals surface area contributed by atoms with Crippen LogP contribution in [0.4, 0.5) is 4.79 Å². The van der Waals surface area contributed by atoms with Crippen LogP contribution in [-0.4, -0.2) is 37.7 Å². The van der Waals surface area contributed by atoms with Gasteiger partial charge in [-0.1, -0.05) is 44.2 Å². The second kappa shape index (κ2) is 7.46. The van der Waals surface area contributed by atoms with Crippen LogP contribution in [0, 0.1) is 5.41 Å². The number of urea groups is 1. The molecule has 3 amide bonds. The van der Waals surface area contributed by atoms with Crippen molar-refractivity contribution in [2.75, 3.05) is 13.6 Å². The zero-order valence-corrected chi connectivity index (χ0v) is 13.9. The molecule has 0 aliphatic heterocycles. The van der Waals surface area contributed by atoms with Gasteiger partial charge in [-0.05, 0) is 12.0 Å². The molecule has 0 heterocycles. The molecule has 0 radical (unpaired) electrons. The van der Waals surface area contributed by atoms with Gasteiger partial charge < -0.3 is 20.7 Å². The first kappa shape index (κ1) is 17.3. The lowest BCUT2D eigenvalue weighted by Crippen LogP contribution is -2.62. The van der Waals surface area contributed by atoms with Crippen molar-refractivity contribution >= 4 is 11.9 Å². The lowest BCUT2D eigenvalue weighted by atomic mass is 9.64. The van der Waals surface area contributed by atoms with Crippen molar-refractivity contribution < 1.29 is 14.3 Å². The second-order valence-corrected chi connectivity index (χ2v) is 6.40. The molecule has 1 fully saturated rings. The first-order valence-corrected chi connectivity index (χ1v) is 7.84. The van der Waals surface area contributed by atoms with Gasteiger partial charge in [-0.3, -0.25) is 4.79 Å². The standard InChI is InChI=1S/C17H25N3O3/c1-17(2)13(20-15(21)10-19-16(22)18-3)9-14(17)23-11-12-7-5-4-6-8-12/h4-8,13-14H,9-11H2,1-3H3,(H,20,21)(H2,18,19,22). The molecule has 23 heavy (non-hydrogen) atoms. The minimum atomic E-state index is -0.364. The summed E-state index contributed by atoms with van der Waals surface area (Å²) in [5.74, 6) is -0.187. The molecular formula is C17H25N3O3. The molecule has 6 nitrogen and oxygen atoms in total. The van der Waals surface area contributed by atoms with Gasteiger partial charge in [-0.2, -0.15) is 0 Å². The van der Waals surface area contributed by atoms with E-state index in [1.165, 1.54) is 7.05 Å². The molecule has 6 heteroatoms. The Hall–Kier alpha value is -2.08. The lowest BCUT2D eigenvalue weighted by molar-refractivity contribution is -0.140. The maximum Gasteiger partial charge on any atom is 0.314 e. The number of carbonyl (C=O) groups is 2. The van der Waals surface area contributed by atoms with Crippen LogP contribution in [0.25, 0.3) is 0 Å². The van der Waals surface area contributed by atoms with Crippen LogP contribution in [0.3, 0.4) is 0 Å². The molecule has 0 aromatic heterocycles. The summed E-state index contributed by atoms with van der Waals surface area (Å²) in [6, 6.07) is 9.74. The third kappa shape index (κ3) is 4.45. The van der Waals surface area contributed by atoms with E-state index < -0.39 is 0 Å². The molecule has 0 bridgehead atoms. The normalized spacial score (nSPS) is 21.9. The van der Waals surface area contributed by atoms with E-state index in [2.05, 4.69) is 29.8 Å². The van der Waals surface area contributed by atoms with Crippen molar-refractivity contribution in [3.8, 4) is 0 Å². The van der Waals surface area contributed by atoms with Gasteiger partial charge in [0.1, 0.15) is 0 Å². The summed E-state index contributed by atoms with van der Waals surface area (Å²) in [6.45, 7) is 4.72. The summed E-state index contributed by atoms with van der Waals surface area (Å²) < 4.78 is 5.98. The van der Waals surface area contributed by atoms with Gasteiger partial charge in [0.05, 0.1) is 19.3 Å². The Morgan fingerprint density at radius 3 is 2.57 bits per heavy atom. The molecule has 1 saturated carbocycles. The summed E-state index contributed by atoms with van der Waals surface area (Å²) in [7, 11) is 1.51. The van der Waals surface area contributed by atoms with E-state index in [4.69, 9.17) is 4.74 Å². The van der Waals surface area contributed by atoms with Gasteiger partial charge in [0, 0.05) is 18.5 Å². The van der Waals surface area contributed by atoms with Crippen molar-refractivity contribution in [1.82, 2.24) is 16.0 Å². The zero-order chi connectivity index (χ0) is 16.9. The maximum absolute atomic E-state index is 11.8. The summed E-state index contributed by atoms with van der Waals surface area (Å²) in [5, 5.41) is 7.84. The quantitative estimate of drug-likeness (QED) is 0.742. The third-order valence-electron chi connectivity index (χ3n) is 4.44. The summed E-state index contributed by atoms with van der Waals surface area (Å²) >= 11 is 0. The molecule has 1 aromatic rings. The number of rotatable bonds is 6. The Bertz CT molecular complexity index is 545. The minimum absolute atomic E-state index is 0.0260. The fourth-order valence-electron chi connectivity index (χ4n) is 2.68. The molecule has 2 atom stereocenters. The van der Waals surface area contributed by atoms with Crippen molar-refractivity contribution in [2.24, 2.45) is 5.41 Å². The van der Waals surface area contributed by atoms with Crippen LogP contribution in [-0.2, 0) is 16.1 Å². The molecule has 1 aromatic carbocycles. The van der Waals surface area contributed by atoms with Gasteiger partial charge in [0.15, 0.2) is 0 Å². The first-order valence-electron chi connectivity index (χ1n) is 7.84. The van der Waals surface area contributed by atoms with Gasteiger partial charge >= 0.3 is 6.03 Å². The SMILES string of the molecule is CNC(=O)NCC(=O)NC1CC(OCc2ccccc2)C1(C)C. The van der Waals surface area contributed by atoms with Crippen molar-refractivity contribution in [3.63, 3.8) is 0 Å². The molecule has 0 spiro atoms. The molecule has 126 valence electrons. The molecule has 2 rings (SSSR count). The van der Waals surface area contributed by atoms with Gasteiger partial charge in [0.25, 0.3) is 0 Å². The minimum Gasteiger partial charge on any atom is -0.373 e. The highest BCUT2D eigenvalue weighted by molar-refractivity contribution is 5.84. The van der Waals surface area contributed by atoms with Gasteiger partial charge in [-0.15, -0.1) is 0 Å². The summed E-state index contributed by atoms with van der Waals surface area (Å²) in [5.41, 5.74) is 1.02. The van der Waals surface area contributed by atoms with Crippen molar-refractivity contribution in [3.05, 3.63) is 35.9 Å². The van der Waals surface area contributed by atoms with E-state index in [9.17, 15) is 9.59 Å². The third-order valence-corrected chi connectivity index (χ3v) is 4.44. The van der Waals surface area contributed by atoms with Crippen LogP contribution in [0.5, 0.6) is 0 Å². The van der Waals surface area contributed by atoms with Gasteiger partial charge in [0.2, 0.25) is 5.91 Å². The number of hydrogen-bond acceptors (Lipinski definition) is 3. The second-order valence-electron chi connectivity index (χ2n) is 6.40. The van der Waals surface area contributed by atoms with E-state index in [-0.39, 0.29) is 36.0 Å². The monoisotopic (exact) mass is 319 g/mol. The number of hydrogen-bond donors (Lipinski definition) is 3. The average Bonchev–Trinajstić information content (AvgIpc) is 2.56. The number of nitrogens with one attached hydrogen (secondary N) is 3. The molecule has 3 N–H and O–H groups in total. The van der Waals surface area contributed by atoms with E-state index in [0.29, 0.717) is 6.61 Å². The smallest absolute Gasteiger partial charge is 0.314 e. The van der Waals surface area contributed by atoms with E-state index in [1.54, 1.807) is 0 Å². The van der Waals surface area contributed by atoms with Crippen molar-refractivity contribution in [2.45, 2.75) is 39.0 Å². The van der Waals surface area contributed by atoms with E-state index in [1.807, 2.05) is 30.3 Å². The highest BCUT2D eigenvalue weighted by Gasteiger charge is 2.49. The summed E-state index contributed by atoms with van der Waals surface area (Å²) in [4.78, 5) is 22.9. The van der Waals surface area contributed by atoms with Crippen LogP contribution in [0.2, 0.25) is 0 Å². The average molecular weight is 319 g/mol. The predicted octanol–water partition coefficient (Wildman–Crippen LogP) is 1.42. The highest BCUT2D eigenvalue weighted by Crippen LogP contribution is 2.43. The number of ether oxygens (including phenoxy) is 1. The number of benzene rings is 1. The molecule has 1 aliphatic carbocycles. The number of amides is 3. The molecule has 1 aliphatic rings. The van der Waals surface area contributed by atoms with Crippen LogP contribution < -0.4 is 16.0 Å². The molecule has 0 saturated heterocycles. The Kier molecular flexibility index (Phi) is 5.60. The van der Waals surface area contributed by atoms with Gasteiger partial charge in [-0.25, -0.2) is 4.79 Å². The Balaban J connectivity index is 1.75. The molecular weight excluding hydrogens is 294 g/mol. The fraction of sp³-hybridized carbons (Fsp3) is 0.529. The largest absolute Gasteiger partial charge is 0.373 e. The predicted molar refractivity (Wildman–Crippen MR) is 87.8 cm³/mol. The Morgan fingerprint density at radius 1 is 1.26 bits per heavy atom. The zero-order valence-electron chi connectivity index (χ0n) is 13.9. The Labute approximate surface area is 137 Å². The van der Waals surface area contributed by atoms with Crippen LogP contribution >= 0.6 is 0 Å². The van der Waals surface area contributed by atoms with Crippen molar-refractivity contribution in [1.29, 1.82) is 0 Å². The lowest BCUT2D eigenvalue weighted by Gasteiger charge is -2.51. The van der Waals surface area contributed by atoms with E-state index >= 15 is 0 Å². The highest BCUT2D eigenvalue weighted by atomic mass is 16.5. The van der Waals surface area contributed by atoms with Crippen LogP contribution in [0.15, 0.2) is 30.3 Å². The maximum atomic E-state index is 11.8. The Morgan fingerprint density at radius 2 is 1.96 bits per heavy atom. The first-order chi connectivity index (χ1) is 10.9. The van der Waals surface area contributed by atoms with E-state index in [0.717, 1.165) is 12.0 Å². The fourth-order valence-corrected chi connectivity index (χ4v) is 2.68. The summed E-state index contributed by atoms with van der Waals surface area (Å²) in [6.07, 6.45) is 0.894. The molecule has 2 unspecified atom stereocenters. The van der Waals surface area contributed by atoms with Crippen LogP contribution in [0.1, 0.15) is 25.8 Å². The number of carbonyl (C=O) groups excluding carboxylic acids is 2.